The number of nitrogens with one attached hydrogen (secondary N) is 1. The van der Waals surface area contributed by atoms with E-state index in [4.69, 9.17) is 0 Å². The van der Waals surface area contributed by atoms with Gasteiger partial charge in [-0.25, -0.2) is 9.37 Å². The van der Waals surface area contributed by atoms with Crippen molar-refractivity contribution in [1.82, 2.24) is 10.3 Å². The van der Waals surface area contributed by atoms with Crippen LogP contribution in [0.5, 0.6) is 0 Å². The van der Waals surface area contributed by atoms with E-state index in [2.05, 4.69) is 31.1 Å². The number of nitrogens with zero attached hydrogens (tertiary/aromatic N) is 2. The summed E-state index contributed by atoms with van der Waals surface area (Å²) in [5, 5.41) is 3.57. The summed E-state index contributed by atoms with van der Waals surface area (Å²) in [5.41, 5.74) is 0. The average Bonchev–Trinajstić information content (AvgIpc) is 3.21. The van der Waals surface area contributed by atoms with Crippen LogP contribution in [0.25, 0.3) is 0 Å². The molecule has 1 saturated heterocycles. The Morgan fingerprint density at radius 2 is 2.26 bits per heavy atom. The maximum Gasteiger partial charge on any atom is 0.166 e. The number of pyridine rings is 1. The van der Waals surface area contributed by atoms with Crippen LogP contribution in [-0.4, -0.2) is 30.7 Å². The van der Waals surface area contributed by atoms with Gasteiger partial charge >= 0.3 is 0 Å². The van der Waals surface area contributed by atoms with Gasteiger partial charge in [0.1, 0.15) is 0 Å². The number of hydrogen-bond donors (Lipinski definition) is 1. The highest BCUT2D eigenvalue weighted by molar-refractivity contribution is 9.10. The zero-order valence-corrected chi connectivity index (χ0v) is 12.5. The summed E-state index contributed by atoms with van der Waals surface area (Å²) in [6, 6.07) is 2.24. The van der Waals surface area contributed by atoms with E-state index in [9.17, 15) is 4.39 Å². The van der Waals surface area contributed by atoms with Gasteiger partial charge in [0.2, 0.25) is 0 Å². The second-order valence-corrected chi connectivity index (χ2v) is 6.51. The number of aromatic nitrogens is 1. The maximum absolute atomic E-state index is 13.9. The maximum atomic E-state index is 13.9. The van der Waals surface area contributed by atoms with E-state index >= 15 is 0 Å². The van der Waals surface area contributed by atoms with Crippen LogP contribution in [0.15, 0.2) is 16.7 Å². The van der Waals surface area contributed by atoms with E-state index in [-0.39, 0.29) is 5.82 Å². The van der Waals surface area contributed by atoms with Crippen LogP contribution >= 0.6 is 15.9 Å². The minimum atomic E-state index is -0.231. The highest BCUT2D eigenvalue weighted by Gasteiger charge is 2.26. The Morgan fingerprint density at radius 3 is 3.00 bits per heavy atom. The third-order valence-corrected chi connectivity index (χ3v) is 4.31. The fourth-order valence-electron chi connectivity index (χ4n) is 2.68. The molecule has 3 nitrogen and oxygen atoms in total. The molecule has 2 aliphatic rings. The Kier molecular flexibility index (Phi) is 4.03. The lowest BCUT2D eigenvalue weighted by molar-refractivity contribution is 0.387. The van der Waals surface area contributed by atoms with E-state index in [0.717, 1.165) is 32.1 Å². The number of anilines is 1. The molecule has 1 aromatic heterocycles. The van der Waals surface area contributed by atoms with Gasteiger partial charge in [0.25, 0.3) is 0 Å². The SMILES string of the molecule is Fc1cc(Br)cnc1N1CCCC(CNC2CC2)C1. The molecule has 1 aromatic rings. The lowest BCUT2D eigenvalue weighted by Gasteiger charge is -2.34. The fourth-order valence-corrected chi connectivity index (χ4v) is 2.99. The lowest BCUT2D eigenvalue weighted by atomic mass is 9.98. The standard InChI is InChI=1S/C14H19BrFN3/c15-11-6-13(16)14(18-8-11)19-5-1-2-10(9-19)7-17-12-3-4-12/h6,8,10,12,17H,1-5,7,9H2. The molecule has 0 spiro atoms. The first-order valence-corrected chi connectivity index (χ1v) is 7.81. The van der Waals surface area contributed by atoms with E-state index in [1.54, 1.807) is 6.20 Å². The second kappa shape index (κ2) is 5.75. The Balaban J connectivity index is 1.62. The third kappa shape index (κ3) is 3.45. The van der Waals surface area contributed by atoms with Crippen LogP contribution in [0.4, 0.5) is 10.2 Å². The molecule has 0 aromatic carbocycles. The van der Waals surface area contributed by atoms with E-state index < -0.39 is 0 Å². The van der Waals surface area contributed by atoms with Gasteiger partial charge in [0, 0.05) is 29.8 Å². The summed E-state index contributed by atoms with van der Waals surface area (Å²) in [6.07, 6.45) is 6.66. The molecule has 0 amide bonds. The predicted octanol–water partition coefficient (Wildman–Crippen LogP) is 2.95. The zero-order chi connectivity index (χ0) is 13.2. The third-order valence-electron chi connectivity index (χ3n) is 3.88. The smallest absolute Gasteiger partial charge is 0.166 e. The summed E-state index contributed by atoms with van der Waals surface area (Å²) >= 11 is 3.25. The topological polar surface area (TPSA) is 28.2 Å². The van der Waals surface area contributed by atoms with Gasteiger partial charge in [-0.15, -0.1) is 0 Å². The van der Waals surface area contributed by atoms with Crippen molar-refractivity contribution in [2.24, 2.45) is 5.92 Å². The number of rotatable bonds is 4. The van der Waals surface area contributed by atoms with Crippen LogP contribution in [0, 0.1) is 11.7 Å². The molecule has 3 rings (SSSR count). The molecule has 1 unspecified atom stereocenters. The summed E-state index contributed by atoms with van der Waals surface area (Å²) < 4.78 is 14.6. The van der Waals surface area contributed by atoms with Gasteiger partial charge in [0.15, 0.2) is 11.6 Å². The van der Waals surface area contributed by atoms with Gasteiger partial charge in [-0.2, -0.15) is 0 Å². The molecule has 1 aliphatic carbocycles. The second-order valence-electron chi connectivity index (χ2n) is 5.60. The van der Waals surface area contributed by atoms with Crippen molar-refractivity contribution in [2.75, 3.05) is 24.5 Å². The van der Waals surface area contributed by atoms with Gasteiger partial charge in [0.05, 0.1) is 0 Å². The first kappa shape index (κ1) is 13.3. The van der Waals surface area contributed by atoms with Crippen LogP contribution < -0.4 is 10.2 Å². The van der Waals surface area contributed by atoms with E-state index in [1.165, 1.54) is 25.3 Å². The first-order valence-electron chi connectivity index (χ1n) is 7.02. The van der Waals surface area contributed by atoms with Crippen molar-refractivity contribution < 1.29 is 4.39 Å². The normalized spacial score (nSPS) is 23.7. The Morgan fingerprint density at radius 1 is 1.42 bits per heavy atom. The molecule has 2 heterocycles. The average molecular weight is 328 g/mol. The van der Waals surface area contributed by atoms with Crippen molar-refractivity contribution in [3.63, 3.8) is 0 Å². The molecule has 1 N–H and O–H groups in total. The van der Waals surface area contributed by atoms with Crippen LogP contribution in [0.3, 0.4) is 0 Å². The zero-order valence-electron chi connectivity index (χ0n) is 10.9. The number of halogens is 2. The molecule has 0 bridgehead atoms. The van der Waals surface area contributed by atoms with Gasteiger partial charge in [-0.1, -0.05) is 0 Å². The van der Waals surface area contributed by atoms with Crippen LogP contribution in [-0.2, 0) is 0 Å². The molecule has 19 heavy (non-hydrogen) atoms. The van der Waals surface area contributed by atoms with Crippen molar-refractivity contribution in [3.8, 4) is 0 Å². The van der Waals surface area contributed by atoms with Crippen LogP contribution in [0.2, 0.25) is 0 Å². The molecule has 104 valence electrons. The molecule has 2 fully saturated rings. The van der Waals surface area contributed by atoms with Gasteiger partial charge < -0.3 is 10.2 Å². The molecule has 1 aliphatic heterocycles. The largest absolute Gasteiger partial charge is 0.354 e. The van der Waals surface area contributed by atoms with E-state index in [0.29, 0.717) is 16.2 Å². The number of hydrogen-bond acceptors (Lipinski definition) is 3. The van der Waals surface area contributed by atoms with Crippen LogP contribution in [0.1, 0.15) is 25.7 Å². The predicted molar refractivity (Wildman–Crippen MR) is 77.9 cm³/mol. The minimum Gasteiger partial charge on any atom is -0.354 e. The summed E-state index contributed by atoms with van der Waals surface area (Å²) in [4.78, 5) is 6.31. The van der Waals surface area contributed by atoms with E-state index in [1.807, 2.05) is 0 Å². The Bertz CT molecular complexity index is 450. The molecular weight excluding hydrogens is 309 g/mol. The number of piperidine rings is 1. The quantitative estimate of drug-likeness (QED) is 0.921. The van der Waals surface area contributed by atoms with Crippen molar-refractivity contribution in [1.29, 1.82) is 0 Å². The molecule has 5 heteroatoms. The highest BCUT2D eigenvalue weighted by atomic mass is 79.9. The van der Waals surface area contributed by atoms with Crippen molar-refractivity contribution in [3.05, 3.63) is 22.6 Å². The van der Waals surface area contributed by atoms with Crippen molar-refractivity contribution >= 4 is 21.7 Å². The minimum absolute atomic E-state index is 0.231. The Hall–Kier alpha value is -0.680. The molecule has 1 atom stereocenters. The Labute approximate surface area is 121 Å². The summed E-state index contributed by atoms with van der Waals surface area (Å²) in [6.45, 7) is 2.87. The first-order chi connectivity index (χ1) is 9.22. The summed E-state index contributed by atoms with van der Waals surface area (Å²) in [5.74, 6) is 0.878. The highest BCUT2D eigenvalue weighted by Crippen LogP contribution is 2.26. The summed E-state index contributed by atoms with van der Waals surface area (Å²) in [7, 11) is 0. The molecule has 1 saturated carbocycles. The monoisotopic (exact) mass is 327 g/mol. The molecule has 0 radical (unpaired) electrons. The molecular formula is C14H19BrFN3. The van der Waals surface area contributed by atoms with Gasteiger partial charge in [-0.05, 0) is 60.1 Å². The van der Waals surface area contributed by atoms with Crippen molar-refractivity contribution in [2.45, 2.75) is 31.7 Å². The fraction of sp³-hybridized carbons (Fsp3) is 0.643. The lowest BCUT2D eigenvalue weighted by Crippen LogP contribution is -2.40. The van der Waals surface area contributed by atoms with Gasteiger partial charge in [-0.3, -0.25) is 0 Å².